The molecular formula is C15H32N2O. The van der Waals surface area contributed by atoms with Crippen LogP contribution in [0.4, 0.5) is 0 Å². The Balaban J connectivity index is 2.26. The number of ether oxygens (including phenoxy) is 1. The molecule has 1 saturated heterocycles. The van der Waals surface area contributed by atoms with Gasteiger partial charge >= 0.3 is 0 Å². The van der Waals surface area contributed by atoms with Crippen molar-refractivity contribution in [1.82, 2.24) is 10.2 Å². The first-order chi connectivity index (χ1) is 8.47. The first-order valence-corrected chi connectivity index (χ1v) is 7.47. The van der Waals surface area contributed by atoms with Crippen LogP contribution in [-0.4, -0.2) is 49.8 Å². The first kappa shape index (κ1) is 15.9. The molecule has 1 rings (SSSR count). The van der Waals surface area contributed by atoms with Crippen molar-refractivity contribution in [3.63, 3.8) is 0 Å². The summed E-state index contributed by atoms with van der Waals surface area (Å²) in [4.78, 5) is 2.56. The lowest BCUT2D eigenvalue weighted by Gasteiger charge is -2.42. The number of nitrogens with one attached hydrogen (secondary N) is 1. The maximum absolute atomic E-state index is 5.65. The second-order valence-electron chi connectivity index (χ2n) is 6.46. The summed E-state index contributed by atoms with van der Waals surface area (Å²) in [7, 11) is 1.84. The summed E-state index contributed by atoms with van der Waals surface area (Å²) in [5.41, 5.74) is 0.0600. The van der Waals surface area contributed by atoms with Crippen LogP contribution < -0.4 is 5.32 Å². The Morgan fingerprint density at radius 2 is 2.06 bits per heavy atom. The summed E-state index contributed by atoms with van der Waals surface area (Å²) >= 11 is 0. The van der Waals surface area contributed by atoms with Gasteiger partial charge in [0.2, 0.25) is 0 Å². The molecule has 0 aromatic carbocycles. The standard InChI is InChI=1S/C15H32N2O/c1-13(2)7-9-16-11-14(3)17-10-6-8-15(4,12-17)18-5/h13-14,16H,6-12H2,1-5H3. The Morgan fingerprint density at radius 3 is 2.67 bits per heavy atom. The molecule has 2 atom stereocenters. The summed E-state index contributed by atoms with van der Waals surface area (Å²) < 4.78 is 5.65. The van der Waals surface area contributed by atoms with E-state index in [9.17, 15) is 0 Å². The lowest BCUT2D eigenvalue weighted by Crippen LogP contribution is -2.52. The van der Waals surface area contributed by atoms with E-state index in [-0.39, 0.29) is 5.60 Å². The second-order valence-corrected chi connectivity index (χ2v) is 6.46. The van der Waals surface area contributed by atoms with E-state index in [2.05, 4.69) is 37.9 Å². The molecule has 0 radical (unpaired) electrons. The Bertz CT molecular complexity index is 233. The van der Waals surface area contributed by atoms with Gasteiger partial charge < -0.3 is 10.1 Å². The quantitative estimate of drug-likeness (QED) is 0.708. The van der Waals surface area contributed by atoms with Crippen LogP contribution in [0.3, 0.4) is 0 Å². The van der Waals surface area contributed by atoms with E-state index in [0.29, 0.717) is 6.04 Å². The zero-order valence-electron chi connectivity index (χ0n) is 13.0. The first-order valence-electron chi connectivity index (χ1n) is 7.47. The molecule has 1 aliphatic heterocycles. The number of hydrogen-bond donors (Lipinski definition) is 1. The van der Waals surface area contributed by atoms with Crippen molar-refractivity contribution in [3.05, 3.63) is 0 Å². The lowest BCUT2D eigenvalue weighted by atomic mass is 9.94. The van der Waals surface area contributed by atoms with Gasteiger partial charge in [-0.05, 0) is 52.1 Å². The van der Waals surface area contributed by atoms with Gasteiger partial charge in [0.15, 0.2) is 0 Å². The number of rotatable bonds is 7. The van der Waals surface area contributed by atoms with Gasteiger partial charge in [0, 0.05) is 26.2 Å². The number of likely N-dealkylation sites (tertiary alicyclic amines) is 1. The van der Waals surface area contributed by atoms with E-state index in [1.165, 1.54) is 25.8 Å². The van der Waals surface area contributed by atoms with E-state index < -0.39 is 0 Å². The molecule has 3 heteroatoms. The Morgan fingerprint density at radius 1 is 1.33 bits per heavy atom. The largest absolute Gasteiger partial charge is 0.377 e. The van der Waals surface area contributed by atoms with Crippen molar-refractivity contribution >= 4 is 0 Å². The molecule has 0 bridgehead atoms. The summed E-state index contributed by atoms with van der Waals surface area (Å²) in [5.74, 6) is 0.791. The van der Waals surface area contributed by atoms with Crippen LogP contribution in [0.15, 0.2) is 0 Å². The lowest BCUT2D eigenvalue weighted by molar-refractivity contribution is -0.0592. The third kappa shape index (κ3) is 5.25. The van der Waals surface area contributed by atoms with Crippen molar-refractivity contribution in [2.75, 3.05) is 33.3 Å². The zero-order valence-corrected chi connectivity index (χ0v) is 13.0. The average molecular weight is 256 g/mol. The third-order valence-electron chi connectivity index (χ3n) is 4.14. The maximum Gasteiger partial charge on any atom is 0.0777 e. The molecule has 0 spiro atoms. The van der Waals surface area contributed by atoms with Gasteiger partial charge in [0.1, 0.15) is 0 Å². The van der Waals surface area contributed by atoms with Crippen LogP contribution in [0.5, 0.6) is 0 Å². The normalized spacial score (nSPS) is 27.7. The fourth-order valence-electron chi connectivity index (χ4n) is 2.62. The van der Waals surface area contributed by atoms with Crippen LogP contribution in [0.25, 0.3) is 0 Å². The predicted octanol–water partition coefficient (Wildman–Crippen LogP) is 2.51. The molecule has 3 nitrogen and oxygen atoms in total. The highest BCUT2D eigenvalue weighted by Crippen LogP contribution is 2.24. The highest BCUT2D eigenvalue weighted by molar-refractivity contribution is 4.87. The van der Waals surface area contributed by atoms with Gasteiger partial charge in [-0.2, -0.15) is 0 Å². The van der Waals surface area contributed by atoms with Crippen LogP contribution >= 0.6 is 0 Å². The van der Waals surface area contributed by atoms with E-state index in [0.717, 1.165) is 25.6 Å². The van der Waals surface area contributed by atoms with Crippen molar-refractivity contribution in [2.45, 2.75) is 58.6 Å². The number of hydrogen-bond acceptors (Lipinski definition) is 3. The molecule has 0 aliphatic carbocycles. The zero-order chi connectivity index (χ0) is 13.6. The van der Waals surface area contributed by atoms with E-state index >= 15 is 0 Å². The summed E-state index contributed by atoms with van der Waals surface area (Å²) in [6.45, 7) is 13.6. The van der Waals surface area contributed by atoms with Crippen molar-refractivity contribution in [3.8, 4) is 0 Å². The molecule has 108 valence electrons. The molecule has 0 aromatic rings. The summed E-state index contributed by atoms with van der Waals surface area (Å²) in [5, 5.41) is 3.58. The highest BCUT2D eigenvalue weighted by atomic mass is 16.5. The van der Waals surface area contributed by atoms with Crippen molar-refractivity contribution in [1.29, 1.82) is 0 Å². The Labute approximate surface area is 113 Å². The maximum atomic E-state index is 5.65. The molecule has 0 saturated carbocycles. The predicted molar refractivity (Wildman–Crippen MR) is 78.0 cm³/mol. The average Bonchev–Trinajstić information content (AvgIpc) is 2.34. The molecule has 18 heavy (non-hydrogen) atoms. The van der Waals surface area contributed by atoms with Crippen LogP contribution in [-0.2, 0) is 4.74 Å². The smallest absolute Gasteiger partial charge is 0.0777 e. The minimum Gasteiger partial charge on any atom is -0.377 e. The second kappa shape index (κ2) is 7.46. The molecule has 0 amide bonds. The highest BCUT2D eigenvalue weighted by Gasteiger charge is 2.32. The topological polar surface area (TPSA) is 24.5 Å². The molecule has 2 unspecified atom stereocenters. The van der Waals surface area contributed by atoms with Crippen LogP contribution in [0.1, 0.15) is 47.0 Å². The molecular weight excluding hydrogens is 224 g/mol. The number of nitrogens with zero attached hydrogens (tertiary/aromatic N) is 1. The van der Waals surface area contributed by atoms with Gasteiger partial charge in [0.05, 0.1) is 5.60 Å². The fourth-order valence-corrected chi connectivity index (χ4v) is 2.62. The van der Waals surface area contributed by atoms with E-state index in [1.54, 1.807) is 0 Å². The van der Waals surface area contributed by atoms with Crippen molar-refractivity contribution in [2.24, 2.45) is 5.92 Å². The Hall–Kier alpha value is -0.120. The molecule has 1 fully saturated rings. The summed E-state index contributed by atoms with van der Waals surface area (Å²) in [6.07, 6.45) is 3.71. The van der Waals surface area contributed by atoms with Gasteiger partial charge in [-0.15, -0.1) is 0 Å². The molecule has 1 aliphatic rings. The monoisotopic (exact) mass is 256 g/mol. The third-order valence-corrected chi connectivity index (χ3v) is 4.14. The number of methoxy groups -OCH3 is 1. The van der Waals surface area contributed by atoms with Crippen LogP contribution in [0.2, 0.25) is 0 Å². The van der Waals surface area contributed by atoms with Gasteiger partial charge in [0.25, 0.3) is 0 Å². The Kier molecular flexibility index (Phi) is 6.61. The van der Waals surface area contributed by atoms with Gasteiger partial charge in [-0.25, -0.2) is 0 Å². The van der Waals surface area contributed by atoms with E-state index in [1.807, 2.05) is 7.11 Å². The molecule has 0 aromatic heterocycles. The minimum absolute atomic E-state index is 0.0600. The van der Waals surface area contributed by atoms with E-state index in [4.69, 9.17) is 4.74 Å². The summed E-state index contributed by atoms with van der Waals surface area (Å²) in [6, 6.07) is 0.604. The SMILES string of the molecule is COC1(C)CCCN(C(C)CNCCC(C)C)C1. The molecule has 1 heterocycles. The van der Waals surface area contributed by atoms with Crippen molar-refractivity contribution < 1.29 is 4.74 Å². The minimum atomic E-state index is 0.0600. The van der Waals surface area contributed by atoms with Gasteiger partial charge in [-0.3, -0.25) is 4.90 Å². The van der Waals surface area contributed by atoms with Crippen LogP contribution in [0, 0.1) is 5.92 Å². The molecule has 1 N–H and O–H groups in total. The number of piperidine rings is 1. The van der Waals surface area contributed by atoms with Gasteiger partial charge in [-0.1, -0.05) is 13.8 Å². The fraction of sp³-hybridized carbons (Fsp3) is 1.00.